The summed E-state index contributed by atoms with van der Waals surface area (Å²) in [5, 5.41) is 2.80. The molecule has 30 heavy (non-hydrogen) atoms. The van der Waals surface area contributed by atoms with Crippen molar-refractivity contribution in [3.05, 3.63) is 53.7 Å². The van der Waals surface area contributed by atoms with Gasteiger partial charge in [0.25, 0.3) is 0 Å². The predicted octanol–water partition coefficient (Wildman–Crippen LogP) is 3.19. The topological polar surface area (TPSA) is 97.4 Å². The van der Waals surface area contributed by atoms with Gasteiger partial charge in [-0.05, 0) is 50.8 Å². The number of aromatic nitrogens is 1. The van der Waals surface area contributed by atoms with E-state index in [1.807, 2.05) is 40.7 Å². The predicted molar refractivity (Wildman–Crippen MR) is 117 cm³/mol. The Bertz CT molecular complexity index is 924. The quantitative estimate of drug-likeness (QED) is 0.600. The number of carbonyl (C=O) groups excluding carboxylic acids is 1. The summed E-state index contributed by atoms with van der Waals surface area (Å²) >= 11 is 0. The van der Waals surface area contributed by atoms with E-state index in [2.05, 4.69) is 15.0 Å². The van der Waals surface area contributed by atoms with E-state index in [1.54, 1.807) is 24.4 Å². The highest BCUT2D eigenvalue weighted by Crippen LogP contribution is 2.14. The molecule has 0 aliphatic carbocycles. The van der Waals surface area contributed by atoms with E-state index in [1.165, 1.54) is 12.1 Å². The molecule has 1 aromatic carbocycles. The molecule has 2 N–H and O–H groups in total. The Morgan fingerprint density at radius 1 is 1.07 bits per heavy atom. The number of nitrogens with one attached hydrogen (secondary N) is 2. The monoisotopic (exact) mass is 433 g/mol. The van der Waals surface area contributed by atoms with E-state index in [9.17, 15) is 13.2 Å². The Hall–Kier alpha value is -2.45. The van der Waals surface area contributed by atoms with Gasteiger partial charge in [0, 0.05) is 18.8 Å². The number of benzene rings is 1. The number of aryl methyl sites for hydroxylation is 1. The van der Waals surface area contributed by atoms with Crippen LogP contribution in [-0.2, 0) is 21.4 Å². The first-order chi connectivity index (χ1) is 14.1. The van der Waals surface area contributed by atoms with Gasteiger partial charge >= 0.3 is 0 Å². The lowest BCUT2D eigenvalue weighted by atomic mass is 10.0. The largest absolute Gasteiger partial charge is 0.475 e. The molecule has 0 saturated carbocycles. The average molecular weight is 434 g/mol. The molecule has 1 heterocycles. The number of hydrogen-bond donors (Lipinski definition) is 2. The van der Waals surface area contributed by atoms with Crippen molar-refractivity contribution in [1.82, 2.24) is 15.0 Å². The van der Waals surface area contributed by atoms with E-state index < -0.39 is 16.1 Å². The van der Waals surface area contributed by atoms with Crippen LogP contribution in [0.1, 0.15) is 45.2 Å². The van der Waals surface area contributed by atoms with Crippen molar-refractivity contribution in [1.29, 1.82) is 0 Å². The molecule has 0 aliphatic heterocycles. The molecule has 0 aliphatic rings. The number of pyridine rings is 1. The van der Waals surface area contributed by atoms with Crippen molar-refractivity contribution in [2.24, 2.45) is 5.92 Å². The Morgan fingerprint density at radius 2 is 1.73 bits per heavy atom. The highest BCUT2D eigenvalue weighted by Gasteiger charge is 2.26. The normalized spacial score (nSPS) is 12.8. The summed E-state index contributed by atoms with van der Waals surface area (Å²) < 4.78 is 33.5. The summed E-state index contributed by atoms with van der Waals surface area (Å²) in [5.74, 6) is 0.279. The number of ether oxygens (including phenoxy) is 1. The maximum Gasteiger partial charge on any atom is 0.241 e. The summed E-state index contributed by atoms with van der Waals surface area (Å²) in [6.07, 6.45) is 2.05. The molecule has 1 atom stereocenters. The summed E-state index contributed by atoms with van der Waals surface area (Å²) in [4.78, 5) is 17.1. The third-order valence-electron chi connectivity index (χ3n) is 4.27. The lowest BCUT2D eigenvalue weighted by Crippen LogP contribution is -2.47. The molecule has 0 fully saturated rings. The molecule has 8 heteroatoms. The molecular formula is C22H31N3O4S. The van der Waals surface area contributed by atoms with Gasteiger partial charge in [-0.3, -0.25) is 4.79 Å². The van der Waals surface area contributed by atoms with E-state index in [-0.39, 0.29) is 29.4 Å². The Balaban J connectivity index is 2.05. The summed E-state index contributed by atoms with van der Waals surface area (Å²) in [6, 6.07) is 9.22. The van der Waals surface area contributed by atoms with Gasteiger partial charge < -0.3 is 10.1 Å². The standard InChI is InChI=1S/C22H31N3O4S/c1-15(2)12-20(25-30(27,28)19-9-6-17(5)7-10-19)22(26)24-14-18-8-11-21(23-13-18)29-16(3)4/h6-11,13,15-16,20,25H,12,14H2,1-5H3,(H,24,26). The maximum atomic E-state index is 12.7. The number of sulfonamides is 1. The molecule has 7 nitrogen and oxygen atoms in total. The fourth-order valence-corrected chi connectivity index (χ4v) is 4.00. The van der Waals surface area contributed by atoms with Crippen LogP contribution in [0.2, 0.25) is 0 Å². The Morgan fingerprint density at radius 3 is 2.27 bits per heavy atom. The van der Waals surface area contributed by atoms with E-state index >= 15 is 0 Å². The van der Waals surface area contributed by atoms with Crippen molar-refractivity contribution in [3.8, 4) is 5.88 Å². The van der Waals surface area contributed by atoms with Crippen molar-refractivity contribution < 1.29 is 17.9 Å². The molecule has 1 unspecified atom stereocenters. The molecule has 1 aromatic heterocycles. The fourth-order valence-electron chi connectivity index (χ4n) is 2.79. The zero-order chi connectivity index (χ0) is 22.3. The SMILES string of the molecule is Cc1ccc(S(=O)(=O)NC(CC(C)C)C(=O)NCc2ccc(OC(C)C)nc2)cc1. The molecule has 0 saturated heterocycles. The van der Waals surface area contributed by atoms with Gasteiger partial charge in [-0.25, -0.2) is 13.4 Å². The number of rotatable bonds is 10. The minimum Gasteiger partial charge on any atom is -0.475 e. The first-order valence-electron chi connectivity index (χ1n) is 10.0. The van der Waals surface area contributed by atoms with Gasteiger partial charge in [0.15, 0.2) is 0 Å². The number of amides is 1. The molecular weight excluding hydrogens is 402 g/mol. The van der Waals surface area contributed by atoms with Crippen LogP contribution >= 0.6 is 0 Å². The minimum atomic E-state index is -3.81. The molecule has 2 aromatic rings. The zero-order valence-electron chi connectivity index (χ0n) is 18.2. The van der Waals surface area contributed by atoms with E-state index in [0.717, 1.165) is 11.1 Å². The molecule has 0 radical (unpaired) electrons. The number of hydrogen-bond acceptors (Lipinski definition) is 5. The van der Waals surface area contributed by atoms with Gasteiger partial charge in [0.05, 0.1) is 11.0 Å². The lowest BCUT2D eigenvalue weighted by Gasteiger charge is -2.20. The van der Waals surface area contributed by atoms with Gasteiger partial charge in [-0.15, -0.1) is 0 Å². The van der Waals surface area contributed by atoms with Crippen LogP contribution in [0.3, 0.4) is 0 Å². The van der Waals surface area contributed by atoms with Crippen molar-refractivity contribution in [2.45, 2.75) is 64.6 Å². The van der Waals surface area contributed by atoms with Gasteiger partial charge in [-0.1, -0.05) is 37.6 Å². The second-order valence-electron chi connectivity index (χ2n) is 8.01. The maximum absolute atomic E-state index is 12.7. The fraction of sp³-hybridized carbons (Fsp3) is 0.455. The first kappa shape index (κ1) is 23.8. The molecule has 0 bridgehead atoms. The highest BCUT2D eigenvalue weighted by molar-refractivity contribution is 7.89. The third kappa shape index (κ3) is 7.42. The second kappa shape index (κ2) is 10.5. The van der Waals surface area contributed by atoms with Crippen LogP contribution < -0.4 is 14.8 Å². The Labute approximate surface area is 179 Å². The second-order valence-corrected chi connectivity index (χ2v) is 9.72. The summed E-state index contributed by atoms with van der Waals surface area (Å²) in [6.45, 7) is 9.85. The first-order valence-corrected chi connectivity index (χ1v) is 11.5. The van der Waals surface area contributed by atoms with Gasteiger partial charge in [0.1, 0.15) is 6.04 Å². The van der Waals surface area contributed by atoms with Gasteiger partial charge in [0.2, 0.25) is 21.8 Å². The van der Waals surface area contributed by atoms with E-state index in [4.69, 9.17) is 4.74 Å². The molecule has 1 amide bonds. The molecule has 0 spiro atoms. The smallest absolute Gasteiger partial charge is 0.241 e. The number of carbonyl (C=O) groups is 1. The van der Waals surface area contributed by atoms with Crippen molar-refractivity contribution in [2.75, 3.05) is 0 Å². The van der Waals surface area contributed by atoms with Crippen molar-refractivity contribution >= 4 is 15.9 Å². The van der Waals surface area contributed by atoms with Crippen LogP contribution in [-0.4, -0.2) is 31.5 Å². The highest BCUT2D eigenvalue weighted by atomic mass is 32.2. The third-order valence-corrected chi connectivity index (χ3v) is 5.76. The summed E-state index contributed by atoms with van der Waals surface area (Å²) in [7, 11) is -3.81. The van der Waals surface area contributed by atoms with Gasteiger partial charge in [-0.2, -0.15) is 4.72 Å². The zero-order valence-corrected chi connectivity index (χ0v) is 19.0. The van der Waals surface area contributed by atoms with Crippen molar-refractivity contribution in [3.63, 3.8) is 0 Å². The lowest BCUT2D eigenvalue weighted by molar-refractivity contribution is -0.123. The van der Waals surface area contributed by atoms with Crippen LogP contribution in [0.15, 0.2) is 47.5 Å². The Kier molecular flexibility index (Phi) is 8.37. The average Bonchev–Trinajstić information content (AvgIpc) is 2.66. The van der Waals surface area contributed by atoms with Crippen LogP contribution in [0.5, 0.6) is 5.88 Å². The van der Waals surface area contributed by atoms with E-state index in [0.29, 0.717) is 12.3 Å². The summed E-state index contributed by atoms with van der Waals surface area (Å²) in [5.41, 5.74) is 1.76. The number of nitrogens with zero attached hydrogens (tertiary/aromatic N) is 1. The van der Waals surface area contributed by atoms with Crippen LogP contribution in [0, 0.1) is 12.8 Å². The van der Waals surface area contributed by atoms with Crippen LogP contribution in [0.25, 0.3) is 0 Å². The molecule has 164 valence electrons. The van der Waals surface area contributed by atoms with Crippen LogP contribution in [0.4, 0.5) is 0 Å². The molecule has 2 rings (SSSR count). The minimum absolute atomic E-state index is 0.0291.